The minimum atomic E-state index is -3.87. The van der Waals surface area contributed by atoms with Gasteiger partial charge in [0, 0.05) is 6.54 Å². The third-order valence-corrected chi connectivity index (χ3v) is 4.68. The zero-order valence-electron chi connectivity index (χ0n) is 10.8. The van der Waals surface area contributed by atoms with Gasteiger partial charge in [-0.05, 0) is 49.4 Å². The summed E-state index contributed by atoms with van der Waals surface area (Å²) in [6.07, 6.45) is 0. The van der Waals surface area contributed by atoms with Crippen LogP contribution in [0.5, 0.6) is 0 Å². The van der Waals surface area contributed by atoms with E-state index in [1.54, 1.807) is 6.92 Å². The molecule has 0 spiro atoms. The van der Waals surface area contributed by atoms with Gasteiger partial charge >= 0.3 is 0 Å². The summed E-state index contributed by atoms with van der Waals surface area (Å²) in [7, 11) is -3.87. The van der Waals surface area contributed by atoms with Crippen LogP contribution in [0.25, 0.3) is 0 Å². The lowest BCUT2D eigenvalue weighted by Gasteiger charge is -2.22. The molecule has 2 aromatic rings. The molecule has 20 heavy (non-hydrogen) atoms. The third-order valence-electron chi connectivity index (χ3n) is 2.79. The Hall–Kier alpha value is -1.95. The molecule has 0 unspecified atom stereocenters. The van der Waals surface area contributed by atoms with Crippen molar-refractivity contribution in [3.63, 3.8) is 0 Å². The number of benzene rings is 2. The maximum atomic E-state index is 13.2. The van der Waals surface area contributed by atoms with E-state index in [1.807, 2.05) is 0 Å². The summed E-state index contributed by atoms with van der Waals surface area (Å²) in [6.45, 7) is 1.81. The molecule has 0 amide bonds. The van der Waals surface area contributed by atoms with Crippen molar-refractivity contribution >= 4 is 15.7 Å². The fourth-order valence-electron chi connectivity index (χ4n) is 1.85. The SMILES string of the molecule is CCN(c1ccc(F)cc1)S(=O)(=O)c1cccc(F)c1. The minimum Gasteiger partial charge on any atom is -0.267 e. The normalized spacial score (nSPS) is 11.3. The summed E-state index contributed by atoms with van der Waals surface area (Å²) in [5, 5.41) is 0. The molecule has 0 bridgehead atoms. The van der Waals surface area contributed by atoms with Crippen LogP contribution in [-0.4, -0.2) is 15.0 Å². The van der Waals surface area contributed by atoms with E-state index in [-0.39, 0.29) is 11.4 Å². The highest BCUT2D eigenvalue weighted by Crippen LogP contribution is 2.24. The number of anilines is 1. The molecule has 0 aliphatic heterocycles. The van der Waals surface area contributed by atoms with Crippen molar-refractivity contribution in [2.24, 2.45) is 0 Å². The van der Waals surface area contributed by atoms with Crippen LogP contribution >= 0.6 is 0 Å². The van der Waals surface area contributed by atoms with Gasteiger partial charge in [0.15, 0.2) is 0 Å². The zero-order chi connectivity index (χ0) is 14.8. The Morgan fingerprint density at radius 2 is 1.65 bits per heavy atom. The van der Waals surface area contributed by atoms with Crippen molar-refractivity contribution in [1.29, 1.82) is 0 Å². The number of nitrogens with zero attached hydrogens (tertiary/aromatic N) is 1. The molecule has 0 saturated heterocycles. The van der Waals surface area contributed by atoms with Crippen molar-refractivity contribution < 1.29 is 17.2 Å². The average Bonchev–Trinajstić information content (AvgIpc) is 2.41. The fraction of sp³-hybridized carbons (Fsp3) is 0.143. The Kier molecular flexibility index (Phi) is 4.04. The number of halogens is 2. The van der Waals surface area contributed by atoms with E-state index in [1.165, 1.54) is 42.5 Å². The summed E-state index contributed by atoms with van der Waals surface area (Å²) in [5.41, 5.74) is 0.332. The Morgan fingerprint density at radius 3 is 2.20 bits per heavy atom. The highest BCUT2D eigenvalue weighted by atomic mass is 32.2. The predicted molar refractivity (Wildman–Crippen MR) is 73.0 cm³/mol. The molecular weight excluding hydrogens is 284 g/mol. The van der Waals surface area contributed by atoms with Gasteiger partial charge < -0.3 is 0 Å². The Bertz CT molecular complexity index is 699. The van der Waals surface area contributed by atoms with Gasteiger partial charge in [0.1, 0.15) is 11.6 Å². The maximum absolute atomic E-state index is 13.2. The van der Waals surface area contributed by atoms with Gasteiger partial charge in [0.25, 0.3) is 10.0 Å². The Labute approximate surface area is 116 Å². The summed E-state index contributed by atoms with van der Waals surface area (Å²) in [6, 6.07) is 9.89. The average molecular weight is 297 g/mol. The first-order valence-electron chi connectivity index (χ1n) is 5.99. The van der Waals surface area contributed by atoms with Crippen LogP contribution in [0.1, 0.15) is 6.92 Å². The molecule has 2 aromatic carbocycles. The summed E-state index contributed by atoms with van der Waals surface area (Å²) in [5.74, 6) is -1.07. The molecule has 0 aliphatic carbocycles. The predicted octanol–water partition coefficient (Wildman–Crippen LogP) is 3.18. The van der Waals surface area contributed by atoms with Crippen LogP contribution < -0.4 is 4.31 Å². The second-order valence-corrected chi connectivity index (χ2v) is 5.97. The topological polar surface area (TPSA) is 37.4 Å². The first-order valence-corrected chi connectivity index (χ1v) is 7.43. The van der Waals surface area contributed by atoms with Gasteiger partial charge in [0.05, 0.1) is 10.6 Å². The van der Waals surface area contributed by atoms with Gasteiger partial charge in [-0.15, -0.1) is 0 Å². The van der Waals surface area contributed by atoms with Crippen molar-refractivity contribution in [2.75, 3.05) is 10.8 Å². The lowest BCUT2D eigenvalue weighted by Crippen LogP contribution is -2.30. The summed E-state index contributed by atoms with van der Waals surface area (Å²) >= 11 is 0. The van der Waals surface area contributed by atoms with E-state index in [2.05, 4.69) is 0 Å². The Balaban J connectivity index is 2.47. The summed E-state index contributed by atoms with van der Waals surface area (Å²) < 4.78 is 52.1. The lowest BCUT2D eigenvalue weighted by atomic mass is 10.3. The molecule has 0 radical (unpaired) electrons. The van der Waals surface area contributed by atoms with E-state index >= 15 is 0 Å². The Morgan fingerprint density at radius 1 is 1.00 bits per heavy atom. The molecule has 0 fully saturated rings. The number of sulfonamides is 1. The van der Waals surface area contributed by atoms with E-state index in [0.29, 0.717) is 5.69 Å². The second kappa shape index (κ2) is 5.58. The molecule has 0 aliphatic rings. The van der Waals surface area contributed by atoms with Crippen molar-refractivity contribution in [1.82, 2.24) is 0 Å². The molecule has 6 heteroatoms. The highest BCUT2D eigenvalue weighted by Gasteiger charge is 2.23. The molecule has 0 N–H and O–H groups in total. The monoisotopic (exact) mass is 297 g/mol. The molecule has 0 saturated carbocycles. The molecular formula is C14H13F2NO2S. The first kappa shape index (κ1) is 14.5. The van der Waals surface area contributed by atoms with Crippen LogP contribution in [0.3, 0.4) is 0 Å². The molecule has 2 rings (SSSR count). The molecule has 3 nitrogen and oxygen atoms in total. The van der Waals surface area contributed by atoms with Gasteiger partial charge in [-0.3, -0.25) is 4.31 Å². The quantitative estimate of drug-likeness (QED) is 0.869. The lowest BCUT2D eigenvalue weighted by molar-refractivity contribution is 0.587. The smallest absolute Gasteiger partial charge is 0.264 e. The number of hydrogen-bond acceptors (Lipinski definition) is 2. The molecule has 0 aromatic heterocycles. The standard InChI is InChI=1S/C14H13F2NO2S/c1-2-17(13-8-6-11(15)7-9-13)20(18,19)14-5-3-4-12(16)10-14/h3-10H,2H2,1H3. The van der Waals surface area contributed by atoms with Crippen LogP contribution in [0.15, 0.2) is 53.4 Å². The highest BCUT2D eigenvalue weighted by molar-refractivity contribution is 7.92. The van der Waals surface area contributed by atoms with E-state index in [0.717, 1.165) is 10.4 Å². The van der Waals surface area contributed by atoms with Gasteiger partial charge in [0.2, 0.25) is 0 Å². The summed E-state index contributed by atoms with van der Waals surface area (Å²) in [4.78, 5) is -0.135. The van der Waals surface area contributed by atoms with Crippen LogP contribution in [-0.2, 0) is 10.0 Å². The van der Waals surface area contributed by atoms with Gasteiger partial charge in [-0.25, -0.2) is 17.2 Å². The van der Waals surface area contributed by atoms with Crippen LogP contribution in [0.4, 0.5) is 14.5 Å². The van der Waals surface area contributed by atoms with E-state index in [9.17, 15) is 17.2 Å². The van der Waals surface area contributed by atoms with Crippen LogP contribution in [0.2, 0.25) is 0 Å². The van der Waals surface area contributed by atoms with Gasteiger partial charge in [-0.2, -0.15) is 0 Å². The molecule has 106 valence electrons. The van der Waals surface area contributed by atoms with Crippen molar-refractivity contribution in [3.05, 3.63) is 60.2 Å². The zero-order valence-corrected chi connectivity index (χ0v) is 11.6. The minimum absolute atomic E-state index is 0.135. The number of hydrogen-bond donors (Lipinski definition) is 0. The van der Waals surface area contributed by atoms with E-state index in [4.69, 9.17) is 0 Å². The maximum Gasteiger partial charge on any atom is 0.264 e. The first-order chi connectivity index (χ1) is 9.45. The molecule has 0 atom stereocenters. The van der Waals surface area contributed by atoms with E-state index < -0.39 is 21.7 Å². The fourth-order valence-corrected chi connectivity index (χ4v) is 3.36. The third kappa shape index (κ3) is 2.80. The number of rotatable bonds is 4. The van der Waals surface area contributed by atoms with Crippen molar-refractivity contribution in [3.8, 4) is 0 Å². The van der Waals surface area contributed by atoms with Crippen molar-refractivity contribution in [2.45, 2.75) is 11.8 Å². The second-order valence-electron chi connectivity index (χ2n) is 4.10. The van der Waals surface area contributed by atoms with Gasteiger partial charge in [-0.1, -0.05) is 6.07 Å². The molecule has 0 heterocycles. The largest absolute Gasteiger partial charge is 0.267 e. The van der Waals surface area contributed by atoms with Crippen LogP contribution in [0, 0.1) is 11.6 Å².